The van der Waals surface area contributed by atoms with Gasteiger partial charge >= 0.3 is 6.18 Å². The fraction of sp³-hybridized carbons (Fsp3) is 0.364. The van der Waals surface area contributed by atoms with Gasteiger partial charge in [0.1, 0.15) is 12.6 Å². The molecule has 0 fully saturated rings. The molecule has 2 unspecified atom stereocenters. The Hall–Kier alpha value is -3.00. The van der Waals surface area contributed by atoms with Gasteiger partial charge in [-0.2, -0.15) is 13.2 Å². The van der Waals surface area contributed by atoms with Crippen molar-refractivity contribution in [2.75, 3.05) is 26.1 Å². The molecular formula is C22H24F3N3O6S. The number of halogens is 3. The highest BCUT2D eigenvalue weighted by Crippen LogP contribution is 2.39. The second kappa shape index (κ2) is 9.57. The van der Waals surface area contributed by atoms with Gasteiger partial charge in [-0.15, -0.1) is 0 Å². The van der Waals surface area contributed by atoms with E-state index in [-0.39, 0.29) is 23.7 Å². The maximum atomic E-state index is 13.2. The molecule has 0 saturated carbocycles. The highest BCUT2D eigenvalue weighted by Gasteiger charge is 2.51. The summed E-state index contributed by atoms with van der Waals surface area (Å²) in [4.78, 5) is 27.0. The number of alkyl halides is 3. The van der Waals surface area contributed by atoms with Gasteiger partial charge in [-0.25, -0.2) is 13.1 Å². The smallest absolute Gasteiger partial charge is 0.376 e. The summed E-state index contributed by atoms with van der Waals surface area (Å²) in [5.74, 6) is -1.17. The molecule has 13 heteroatoms. The van der Waals surface area contributed by atoms with E-state index >= 15 is 0 Å². The number of hydrogen-bond donors (Lipinski definition) is 3. The van der Waals surface area contributed by atoms with E-state index in [4.69, 9.17) is 4.74 Å². The Morgan fingerprint density at radius 2 is 1.80 bits per heavy atom. The number of benzene rings is 2. The highest BCUT2D eigenvalue weighted by molar-refractivity contribution is 7.89. The van der Waals surface area contributed by atoms with E-state index in [0.717, 1.165) is 12.1 Å². The van der Waals surface area contributed by atoms with Gasteiger partial charge in [-0.05, 0) is 54.9 Å². The minimum atomic E-state index is -4.90. The van der Waals surface area contributed by atoms with Crippen LogP contribution in [0.3, 0.4) is 0 Å². The van der Waals surface area contributed by atoms with Crippen LogP contribution in [0.4, 0.5) is 18.9 Å². The summed E-state index contributed by atoms with van der Waals surface area (Å²) in [7, 11) is -1.19. The lowest BCUT2D eigenvalue weighted by molar-refractivity contribution is -0.258. The van der Waals surface area contributed by atoms with E-state index in [1.54, 1.807) is 0 Å². The van der Waals surface area contributed by atoms with Gasteiger partial charge in [0, 0.05) is 19.3 Å². The normalized spacial score (nSPS) is 17.6. The Morgan fingerprint density at radius 1 is 1.17 bits per heavy atom. The topological polar surface area (TPSA) is 125 Å². The first kappa shape index (κ1) is 26.6. The predicted molar refractivity (Wildman–Crippen MR) is 119 cm³/mol. The van der Waals surface area contributed by atoms with Crippen LogP contribution in [0.25, 0.3) is 0 Å². The van der Waals surface area contributed by atoms with Gasteiger partial charge in [0.2, 0.25) is 15.9 Å². The third-order valence-corrected chi connectivity index (χ3v) is 7.16. The summed E-state index contributed by atoms with van der Waals surface area (Å²) in [5.41, 5.74) is -2.50. The number of fused-ring (bicyclic) bond motifs is 1. The number of sulfonamides is 1. The molecule has 2 amide bonds. The molecule has 0 radical (unpaired) electrons. The van der Waals surface area contributed by atoms with Gasteiger partial charge in [-0.3, -0.25) is 9.59 Å². The Bertz CT molecular complexity index is 1230. The number of nitrogens with one attached hydrogen (secondary N) is 2. The lowest BCUT2D eigenvalue weighted by Crippen LogP contribution is -2.39. The summed E-state index contributed by atoms with van der Waals surface area (Å²) in [6.07, 6.45) is -4.90. The summed E-state index contributed by atoms with van der Waals surface area (Å²) in [6.45, 7) is 0.259. The molecule has 0 aliphatic carbocycles. The lowest BCUT2D eigenvalue weighted by atomic mass is 9.95. The third kappa shape index (κ3) is 5.17. The van der Waals surface area contributed by atoms with Gasteiger partial charge < -0.3 is 20.1 Å². The maximum absolute atomic E-state index is 13.2. The molecule has 2 atom stereocenters. The molecular weight excluding hydrogens is 491 g/mol. The van der Waals surface area contributed by atoms with Gasteiger partial charge in [0.05, 0.1) is 4.90 Å². The molecule has 1 heterocycles. The zero-order chi connectivity index (χ0) is 26.2. The van der Waals surface area contributed by atoms with Crippen molar-refractivity contribution in [3.63, 3.8) is 0 Å². The summed E-state index contributed by atoms with van der Waals surface area (Å²) in [6, 6.07) is 7.47. The summed E-state index contributed by atoms with van der Waals surface area (Å²) in [5, 5.41) is 12.4. The molecule has 35 heavy (non-hydrogen) atoms. The van der Waals surface area contributed by atoms with Crippen molar-refractivity contribution in [1.29, 1.82) is 0 Å². The Morgan fingerprint density at radius 3 is 2.34 bits per heavy atom. The quantitative estimate of drug-likeness (QED) is 0.518. The van der Waals surface area contributed by atoms with Gasteiger partial charge in [-0.1, -0.05) is 18.2 Å². The molecule has 0 spiro atoms. The highest BCUT2D eigenvalue weighted by atomic mass is 32.2. The van der Waals surface area contributed by atoms with Crippen LogP contribution in [-0.2, 0) is 36.5 Å². The van der Waals surface area contributed by atoms with Crippen molar-refractivity contribution in [3.8, 4) is 0 Å². The SMILES string of the molecule is CNS(=O)(=O)c1ccc2c(c1)CN(C(=O)COC)C2C(=O)Nc1ccc(C(C)(O)C(F)(F)F)cc1. The zero-order valence-electron chi connectivity index (χ0n) is 19.0. The monoisotopic (exact) mass is 515 g/mol. The number of anilines is 1. The standard InChI is InChI=1S/C22H24F3N3O6S/c1-21(31,22(23,24)25)14-4-6-15(7-5-14)27-20(30)19-17-9-8-16(35(32,33)26-2)10-13(17)11-28(19)18(29)12-34-3/h4-10,19,26,31H,11-12H2,1-3H3,(H,27,30). The van der Waals surface area contributed by atoms with Crippen molar-refractivity contribution in [2.24, 2.45) is 0 Å². The third-order valence-electron chi connectivity index (χ3n) is 5.74. The Kier molecular flexibility index (Phi) is 7.27. The average molecular weight is 516 g/mol. The predicted octanol–water partition coefficient (Wildman–Crippen LogP) is 2.03. The number of carbonyl (C=O) groups is 2. The number of methoxy groups -OCH3 is 1. The lowest BCUT2D eigenvalue weighted by Gasteiger charge is -2.27. The molecule has 3 rings (SSSR count). The van der Waals surface area contributed by atoms with E-state index in [9.17, 15) is 36.3 Å². The molecule has 0 aromatic heterocycles. The minimum Gasteiger partial charge on any atom is -0.376 e. The second-order valence-electron chi connectivity index (χ2n) is 8.06. The molecule has 9 nitrogen and oxygen atoms in total. The largest absolute Gasteiger partial charge is 0.421 e. The van der Waals surface area contributed by atoms with Crippen LogP contribution < -0.4 is 10.0 Å². The van der Waals surface area contributed by atoms with E-state index < -0.39 is 45.2 Å². The molecule has 3 N–H and O–H groups in total. The maximum Gasteiger partial charge on any atom is 0.421 e. The zero-order valence-corrected chi connectivity index (χ0v) is 19.8. The van der Waals surface area contributed by atoms with Crippen LogP contribution in [0.5, 0.6) is 0 Å². The first-order valence-electron chi connectivity index (χ1n) is 10.3. The molecule has 2 aromatic rings. The van der Waals surface area contributed by atoms with Crippen LogP contribution in [0.15, 0.2) is 47.4 Å². The van der Waals surface area contributed by atoms with Crippen molar-refractivity contribution in [2.45, 2.75) is 36.2 Å². The number of carbonyl (C=O) groups excluding carboxylic acids is 2. The number of hydrogen-bond acceptors (Lipinski definition) is 6. The Labute approximate surface area is 199 Å². The average Bonchev–Trinajstić information content (AvgIpc) is 3.18. The molecule has 190 valence electrons. The van der Waals surface area contributed by atoms with Gasteiger partial charge in [0.15, 0.2) is 5.60 Å². The number of amides is 2. The summed E-state index contributed by atoms with van der Waals surface area (Å²) < 4.78 is 70.6. The number of ether oxygens (including phenoxy) is 1. The van der Waals surface area contributed by atoms with E-state index in [2.05, 4.69) is 10.0 Å². The first-order chi connectivity index (χ1) is 16.2. The number of nitrogens with zero attached hydrogens (tertiary/aromatic N) is 1. The van der Waals surface area contributed by atoms with Crippen molar-refractivity contribution >= 4 is 27.5 Å². The van der Waals surface area contributed by atoms with Crippen LogP contribution in [0.1, 0.15) is 29.7 Å². The van der Waals surface area contributed by atoms with E-state index in [1.807, 2.05) is 0 Å². The van der Waals surface area contributed by atoms with Crippen molar-refractivity contribution < 1.29 is 41.0 Å². The van der Waals surface area contributed by atoms with Crippen LogP contribution >= 0.6 is 0 Å². The van der Waals surface area contributed by atoms with Crippen LogP contribution in [0, 0.1) is 0 Å². The minimum absolute atomic E-state index is 0.0359. The molecule has 2 aromatic carbocycles. The molecule has 0 bridgehead atoms. The number of aliphatic hydroxyl groups is 1. The second-order valence-corrected chi connectivity index (χ2v) is 9.95. The first-order valence-corrected chi connectivity index (χ1v) is 11.8. The van der Waals surface area contributed by atoms with E-state index in [0.29, 0.717) is 18.1 Å². The van der Waals surface area contributed by atoms with Crippen LogP contribution in [-0.4, -0.2) is 57.2 Å². The molecule has 1 aliphatic rings. The van der Waals surface area contributed by atoms with Gasteiger partial charge in [0.25, 0.3) is 5.91 Å². The molecule has 1 aliphatic heterocycles. The fourth-order valence-corrected chi connectivity index (χ4v) is 4.47. The van der Waals surface area contributed by atoms with Crippen molar-refractivity contribution in [1.82, 2.24) is 9.62 Å². The number of rotatable bonds is 7. The Balaban J connectivity index is 1.91. The van der Waals surface area contributed by atoms with Crippen molar-refractivity contribution in [3.05, 3.63) is 59.2 Å². The van der Waals surface area contributed by atoms with E-state index in [1.165, 1.54) is 49.4 Å². The fourth-order valence-electron chi connectivity index (χ4n) is 3.69. The molecule has 0 saturated heterocycles. The van der Waals surface area contributed by atoms with Crippen LogP contribution in [0.2, 0.25) is 0 Å². The summed E-state index contributed by atoms with van der Waals surface area (Å²) >= 11 is 0.